The lowest BCUT2D eigenvalue weighted by molar-refractivity contribution is -0.122. The number of carbonyl (C=O) groups excluding carboxylic acids is 1. The van der Waals surface area contributed by atoms with E-state index in [0.717, 1.165) is 19.4 Å². The highest BCUT2D eigenvalue weighted by Crippen LogP contribution is 2.44. The van der Waals surface area contributed by atoms with Crippen molar-refractivity contribution in [3.05, 3.63) is 54.1 Å². The van der Waals surface area contributed by atoms with Crippen LogP contribution in [0.5, 0.6) is 0 Å². The number of H-pyrrole nitrogens is 1. The molecule has 1 fully saturated rings. The molecule has 5 rings (SSSR count). The summed E-state index contributed by atoms with van der Waals surface area (Å²) in [5, 5.41) is 4.28. The fraction of sp³-hybridized carbons (Fsp3) is 0.350. The van der Waals surface area contributed by atoms with E-state index in [4.69, 9.17) is 0 Å². The molecular weight excluding hydrogens is 326 g/mol. The fourth-order valence-electron chi connectivity index (χ4n) is 4.72. The van der Waals surface area contributed by atoms with Gasteiger partial charge in [0.1, 0.15) is 0 Å². The van der Waals surface area contributed by atoms with E-state index in [1.165, 1.54) is 22.0 Å². The number of amides is 1. The van der Waals surface area contributed by atoms with E-state index < -0.39 is 0 Å². The zero-order valence-electron chi connectivity index (χ0n) is 14.6. The molecule has 1 aromatic carbocycles. The number of fused-ring (bicyclic) bond motifs is 2. The zero-order chi connectivity index (χ0) is 17.7. The Hall–Kier alpha value is -2.73. The highest BCUT2D eigenvalue weighted by atomic mass is 16.2. The van der Waals surface area contributed by atoms with E-state index in [0.29, 0.717) is 17.8 Å². The fourth-order valence-corrected chi connectivity index (χ4v) is 4.72. The van der Waals surface area contributed by atoms with E-state index in [-0.39, 0.29) is 11.8 Å². The van der Waals surface area contributed by atoms with Crippen molar-refractivity contribution in [1.29, 1.82) is 0 Å². The van der Waals surface area contributed by atoms with E-state index in [2.05, 4.69) is 56.6 Å². The maximum absolute atomic E-state index is 12.8. The van der Waals surface area contributed by atoms with Gasteiger partial charge in [0.15, 0.2) is 5.82 Å². The molecule has 6 nitrogen and oxygen atoms in total. The van der Waals surface area contributed by atoms with Crippen LogP contribution in [0.15, 0.2) is 43.0 Å². The molecule has 1 saturated heterocycles. The molecule has 0 saturated carbocycles. The number of piperidine rings is 1. The minimum atomic E-state index is -0.0565. The predicted octanol–water partition coefficient (Wildman–Crippen LogP) is 2.56. The summed E-state index contributed by atoms with van der Waals surface area (Å²) in [5.74, 6) is 0.862. The van der Waals surface area contributed by atoms with Crippen molar-refractivity contribution in [3.63, 3.8) is 0 Å². The van der Waals surface area contributed by atoms with Crippen LogP contribution >= 0.6 is 0 Å². The summed E-state index contributed by atoms with van der Waals surface area (Å²) in [6.45, 7) is 0.767. The first kappa shape index (κ1) is 15.5. The van der Waals surface area contributed by atoms with Gasteiger partial charge in [0.25, 0.3) is 0 Å². The van der Waals surface area contributed by atoms with Gasteiger partial charge in [0.05, 0.1) is 12.1 Å². The summed E-state index contributed by atoms with van der Waals surface area (Å²) in [6.07, 6.45) is 8.83. The highest BCUT2D eigenvalue weighted by Gasteiger charge is 2.41. The summed E-state index contributed by atoms with van der Waals surface area (Å²) in [6, 6.07) is 6.93. The van der Waals surface area contributed by atoms with Crippen LogP contribution in [-0.4, -0.2) is 45.4 Å². The second kappa shape index (κ2) is 5.92. The summed E-state index contributed by atoms with van der Waals surface area (Å²) >= 11 is 0. The lowest BCUT2D eigenvalue weighted by Crippen LogP contribution is -2.50. The predicted molar refractivity (Wildman–Crippen MR) is 99.9 cm³/mol. The van der Waals surface area contributed by atoms with Crippen LogP contribution in [0.3, 0.4) is 0 Å². The zero-order valence-corrected chi connectivity index (χ0v) is 14.6. The number of likely N-dealkylation sites (N-methyl/N-ethyl adjacent to an activating group) is 1. The maximum Gasteiger partial charge on any atom is 0.229 e. The van der Waals surface area contributed by atoms with E-state index >= 15 is 0 Å². The van der Waals surface area contributed by atoms with Gasteiger partial charge in [-0.05, 0) is 37.1 Å². The normalized spacial score (nSPS) is 25.0. The Labute approximate surface area is 151 Å². The number of carbonyl (C=O) groups is 1. The van der Waals surface area contributed by atoms with Crippen LogP contribution < -0.4 is 5.32 Å². The van der Waals surface area contributed by atoms with E-state index in [9.17, 15) is 4.79 Å². The number of nitrogens with zero attached hydrogens (tertiary/aromatic N) is 3. The Kier molecular flexibility index (Phi) is 3.53. The molecule has 3 aromatic rings. The van der Waals surface area contributed by atoms with Gasteiger partial charge < -0.3 is 15.2 Å². The molecule has 1 aliphatic carbocycles. The minimum absolute atomic E-state index is 0.0304. The van der Waals surface area contributed by atoms with Gasteiger partial charge in [-0.25, -0.2) is 4.98 Å². The molecule has 1 aliphatic heterocycles. The number of hydrogen-bond acceptors (Lipinski definition) is 4. The van der Waals surface area contributed by atoms with Gasteiger partial charge in [0.2, 0.25) is 5.91 Å². The number of benzene rings is 1. The molecule has 0 spiro atoms. The first-order valence-corrected chi connectivity index (χ1v) is 9.06. The molecule has 0 unspecified atom stereocenters. The first-order chi connectivity index (χ1) is 12.7. The van der Waals surface area contributed by atoms with Gasteiger partial charge in [0, 0.05) is 48.0 Å². The number of rotatable bonds is 2. The Bertz CT molecular complexity index is 967. The summed E-state index contributed by atoms with van der Waals surface area (Å²) in [4.78, 5) is 26.7. The molecule has 2 N–H and O–H groups in total. The third-order valence-electron chi connectivity index (χ3n) is 5.91. The molecule has 3 heterocycles. The van der Waals surface area contributed by atoms with Gasteiger partial charge in [-0.2, -0.15) is 0 Å². The number of aromatic amines is 1. The lowest BCUT2D eigenvalue weighted by atomic mass is 9.72. The van der Waals surface area contributed by atoms with Crippen LogP contribution in [-0.2, 0) is 11.2 Å². The van der Waals surface area contributed by atoms with Gasteiger partial charge in [-0.1, -0.05) is 12.1 Å². The van der Waals surface area contributed by atoms with Crippen LogP contribution in [0.25, 0.3) is 10.9 Å². The monoisotopic (exact) mass is 347 g/mol. The van der Waals surface area contributed by atoms with Gasteiger partial charge >= 0.3 is 0 Å². The topological polar surface area (TPSA) is 73.9 Å². The van der Waals surface area contributed by atoms with Crippen LogP contribution in [0.1, 0.15) is 23.5 Å². The first-order valence-electron chi connectivity index (χ1n) is 9.06. The molecular formula is C20H21N5O. The number of nitrogens with one attached hydrogen (secondary N) is 2. The van der Waals surface area contributed by atoms with Crippen molar-refractivity contribution in [2.45, 2.75) is 24.8 Å². The molecule has 132 valence electrons. The average molecular weight is 347 g/mol. The van der Waals surface area contributed by atoms with Crippen molar-refractivity contribution in [3.8, 4) is 0 Å². The number of hydrogen-bond donors (Lipinski definition) is 2. The van der Waals surface area contributed by atoms with Crippen molar-refractivity contribution < 1.29 is 4.79 Å². The van der Waals surface area contributed by atoms with Crippen molar-refractivity contribution in [2.24, 2.45) is 5.92 Å². The lowest BCUT2D eigenvalue weighted by Gasteiger charge is -2.45. The van der Waals surface area contributed by atoms with E-state index in [1.54, 1.807) is 18.6 Å². The van der Waals surface area contributed by atoms with Crippen LogP contribution in [0.4, 0.5) is 5.82 Å². The molecule has 26 heavy (non-hydrogen) atoms. The second-order valence-corrected chi connectivity index (χ2v) is 7.41. The minimum Gasteiger partial charge on any atom is -0.361 e. The highest BCUT2D eigenvalue weighted by molar-refractivity contribution is 5.92. The second-order valence-electron chi connectivity index (χ2n) is 7.41. The van der Waals surface area contributed by atoms with Crippen molar-refractivity contribution in [1.82, 2.24) is 19.9 Å². The molecule has 2 aromatic heterocycles. The maximum atomic E-state index is 12.8. The van der Waals surface area contributed by atoms with Crippen LogP contribution in [0.2, 0.25) is 0 Å². The number of anilines is 1. The Morgan fingerprint density at radius 2 is 2.27 bits per heavy atom. The Morgan fingerprint density at radius 1 is 1.35 bits per heavy atom. The largest absolute Gasteiger partial charge is 0.361 e. The number of likely N-dealkylation sites (tertiary alicyclic amines) is 1. The summed E-state index contributed by atoms with van der Waals surface area (Å²) in [7, 11) is 2.14. The molecule has 0 radical (unpaired) electrons. The van der Waals surface area contributed by atoms with Crippen molar-refractivity contribution >= 4 is 22.6 Å². The average Bonchev–Trinajstić information content (AvgIpc) is 3.08. The third-order valence-corrected chi connectivity index (χ3v) is 5.91. The molecule has 1 amide bonds. The smallest absolute Gasteiger partial charge is 0.229 e. The molecule has 0 bridgehead atoms. The summed E-state index contributed by atoms with van der Waals surface area (Å²) < 4.78 is 0. The Morgan fingerprint density at radius 3 is 3.12 bits per heavy atom. The molecule has 2 aliphatic rings. The molecule has 6 heteroatoms. The van der Waals surface area contributed by atoms with Gasteiger partial charge in [-0.15, -0.1) is 0 Å². The standard InChI is InChI=1S/C20H21N5O/c1-25-11-13(20(26)24-18-10-21-5-6-22-18)7-15-14-3-2-4-16-19(14)12(9-23-16)8-17(15)25/h2-6,9-10,13,15,17,23H,7-8,11H2,1H3,(H,22,24,26)/t13-,15-,17-/m1/s1. The van der Waals surface area contributed by atoms with Gasteiger partial charge in [-0.3, -0.25) is 9.78 Å². The third kappa shape index (κ3) is 2.41. The van der Waals surface area contributed by atoms with Crippen molar-refractivity contribution in [2.75, 3.05) is 18.9 Å². The Balaban J connectivity index is 1.45. The quantitative estimate of drug-likeness (QED) is 0.747. The van der Waals surface area contributed by atoms with E-state index in [1.807, 2.05) is 0 Å². The number of aromatic nitrogens is 3. The van der Waals surface area contributed by atoms with Crippen LogP contribution in [0, 0.1) is 5.92 Å². The SMILES string of the molecule is CN1C[C@H](C(=O)Nc2cnccn2)C[C@@H]2c3cccc4[nH]cc(c34)C[C@H]21. The molecule has 3 atom stereocenters. The summed E-state index contributed by atoms with van der Waals surface area (Å²) in [5.41, 5.74) is 3.97.